The molecule has 34 heavy (non-hydrogen) atoms. The lowest BCUT2D eigenvalue weighted by atomic mass is 9.85. The van der Waals surface area contributed by atoms with E-state index in [2.05, 4.69) is 114 Å². The van der Waals surface area contributed by atoms with Gasteiger partial charge in [0.05, 0.1) is 11.9 Å². The van der Waals surface area contributed by atoms with Gasteiger partial charge >= 0.3 is 0 Å². The molecule has 2 heterocycles. The van der Waals surface area contributed by atoms with Gasteiger partial charge in [-0.05, 0) is 78.3 Å². The first-order valence-corrected chi connectivity index (χ1v) is 11.9. The minimum atomic E-state index is 0.0939. The van der Waals surface area contributed by atoms with Crippen molar-refractivity contribution in [2.45, 2.75) is 47.0 Å². The van der Waals surface area contributed by atoms with E-state index in [0.29, 0.717) is 0 Å². The maximum atomic E-state index is 6.18. The number of benzene rings is 3. The largest absolute Gasteiger partial charge is 0.454 e. The fourth-order valence-corrected chi connectivity index (χ4v) is 4.68. The Morgan fingerprint density at radius 1 is 0.706 bits per heavy atom. The van der Waals surface area contributed by atoms with Crippen molar-refractivity contribution in [1.29, 1.82) is 0 Å². The average Bonchev–Trinajstić information content (AvgIpc) is 3.22. The van der Waals surface area contributed by atoms with Gasteiger partial charge in [-0.15, -0.1) is 0 Å². The van der Waals surface area contributed by atoms with E-state index >= 15 is 0 Å². The van der Waals surface area contributed by atoms with E-state index < -0.39 is 0 Å². The van der Waals surface area contributed by atoms with Crippen LogP contribution in [-0.4, -0.2) is 4.98 Å². The summed E-state index contributed by atoms with van der Waals surface area (Å²) < 4.78 is 6.18. The van der Waals surface area contributed by atoms with Crippen LogP contribution in [0.25, 0.3) is 44.7 Å². The molecule has 0 saturated carbocycles. The molecule has 2 heteroatoms. The van der Waals surface area contributed by atoms with Crippen molar-refractivity contribution >= 4 is 11.0 Å². The summed E-state index contributed by atoms with van der Waals surface area (Å²) in [5.41, 5.74) is 11.8. The minimum Gasteiger partial charge on any atom is -0.454 e. The van der Waals surface area contributed by atoms with Crippen LogP contribution in [0.1, 0.15) is 43.0 Å². The molecule has 0 amide bonds. The van der Waals surface area contributed by atoms with Crippen molar-refractivity contribution in [3.05, 3.63) is 101 Å². The van der Waals surface area contributed by atoms with Crippen molar-refractivity contribution in [3.8, 4) is 33.7 Å². The number of hydrogen-bond acceptors (Lipinski definition) is 2. The Bertz CT molecular complexity index is 1480. The second kappa shape index (κ2) is 8.29. The summed E-state index contributed by atoms with van der Waals surface area (Å²) in [7, 11) is 0. The molecule has 0 saturated heterocycles. The third-order valence-electron chi connectivity index (χ3n) is 6.58. The number of aromatic nitrogens is 1. The topological polar surface area (TPSA) is 26.0 Å². The predicted molar refractivity (Wildman–Crippen MR) is 143 cm³/mol. The Labute approximate surface area is 202 Å². The summed E-state index contributed by atoms with van der Waals surface area (Å²) in [5.74, 6) is 0.863. The quantitative estimate of drug-likeness (QED) is 0.277. The van der Waals surface area contributed by atoms with Crippen LogP contribution in [0.2, 0.25) is 0 Å². The van der Waals surface area contributed by atoms with E-state index in [1.165, 1.54) is 33.4 Å². The smallest absolute Gasteiger partial charge is 0.153 e. The fourth-order valence-electron chi connectivity index (χ4n) is 4.68. The zero-order valence-corrected chi connectivity index (χ0v) is 20.9. The Hall–Kier alpha value is -3.65. The van der Waals surface area contributed by atoms with E-state index in [1.807, 2.05) is 6.20 Å². The molecule has 2 aromatic heterocycles. The van der Waals surface area contributed by atoms with Gasteiger partial charge in [0.1, 0.15) is 5.76 Å². The fraction of sp³-hybridized carbons (Fsp3) is 0.219. The highest BCUT2D eigenvalue weighted by Gasteiger charge is 2.16. The third-order valence-corrected chi connectivity index (χ3v) is 6.58. The zero-order valence-electron chi connectivity index (χ0n) is 20.9. The van der Waals surface area contributed by atoms with E-state index in [1.54, 1.807) is 0 Å². The van der Waals surface area contributed by atoms with Gasteiger partial charge < -0.3 is 4.42 Å². The van der Waals surface area contributed by atoms with Gasteiger partial charge in [0.2, 0.25) is 0 Å². The highest BCUT2D eigenvalue weighted by molar-refractivity contribution is 5.86. The van der Waals surface area contributed by atoms with Gasteiger partial charge in [0, 0.05) is 16.5 Å². The van der Waals surface area contributed by atoms with Crippen LogP contribution in [0.15, 0.2) is 83.4 Å². The van der Waals surface area contributed by atoms with E-state index in [-0.39, 0.29) is 5.41 Å². The first-order valence-electron chi connectivity index (χ1n) is 11.9. The van der Waals surface area contributed by atoms with Gasteiger partial charge in [-0.3, -0.25) is 4.98 Å². The van der Waals surface area contributed by atoms with Gasteiger partial charge in [0.25, 0.3) is 0 Å². The van der Waals surface area contributed by atoms with Crippen LogP contribution in [-0.2, 0) is 5.41 Å². The van der Waals surface area contributed by atoms with E-state index in [0.717, 1.165) is 33.6 Å². The normalized spacial score (nSPS) is 11.8. The monoisotopic (exact) mass is 445 g/mol. The lowest BCUT2D eigenvalue weighted by Gasteiger charge is -2.20. The molecule has 0 atom stereocenters. The number of nitrogens with zero attached hydrogens (tertiary/aromatic N) is 1. The standard InChI is InChI=1S/C32H31NO/c1-20-14-25(16-27(15-20)32(4,5)6)28-17-26-18-29(34-30(26)19-33-28)23-10-12-24(13-11-23)31-21(2)8-7-9-22(31)3/h7-19H,1-6H3. The molecule has 2 nitrogen and oxygen atoms in total. The molecule has 0 N–H and O–H groups in total. The molecule has 170 valence electrons. The summed E-state index contributed by atoms with van der Waals surface area (Å²) in [6.45, 7) is 13.2. The Morgan fingerprint density at radius 3 is 2.06 bits per heavy atom. The summed E-state index contributed by atoms with van der Waals surface area (Å²) in [4.78, 5) is 4.73. The molecule has 3 aromatic carbocycles. The number of pyridine rings is 1. The summed E-state index contributed by atoms with van der Waals surface area (Å²) in [6, 6.07) is 26.1. The second-order valence-electron chi connectivity index (χ2n) is 10.4. The van der Waals surface area contributed by atoms with Crippen LogP contribution in [0, 0.1) is 20.8 Å². The number of rotatable bonds is 3. The van der Waals surface area contributed by atoms with E-state index in [9.17, 15) is 0 Å². The van der Waals surface area contributed by atoms with Gasteiger partial charge in [0.15, 0.2) is 5.58 Å². The molecule has 5 aromatic rings. The SMILES string of the molecule is Cc1cc(-c2cc3cc(-c4ccc(-c5c(C)cccc5C)cc4)oc3cn2)cc(C(C)(C)C)c1. The third kappa shape index (κ3) is 4.17. The molecule has 0 aliphatic heterocycles. The Kier molecular flexibility index (Phi) is 5.40. The van der Waals surface area contributed by atoms with Crippen LogP contribution in [0.3, 0.4) is 0 Å². The Balaban J connectivity index is 1.50. The first kappa shape index (κ1) is 22.2. The van der Waals surface area contributed by atoms with Crippen molar-refractivity contribution in [1.82, 2.24) is 4.98 Å². The van der Waals surface area contributed by atoms with Crippen LogP contribution in [0.4, 0.5) is 0 Å². The first-order chi connectivity index (χ1) is 16.2. The highest BCUT2D eigenvalue weighted by Crippen LogP contribution is 2.34. The van der Waals surface area contributed by atoms with Crippen molar-refractivity contribution in [2.75, 3.05) is 0 Å². The Morgan fingerprint density at radius 2 is 1.38 bits per heavy atom. The minimum absolute atomic E-state index is 0.0939. The molecule has 0 unspecified atom stereocenters. The molecule has 5 rings (SSSR count). The van der Waals surface area contributed by atoms with Crippen molar-refractivity contribution in [3.63, 3.8) is 0 Å². The molecule has 0 radical (unpaired) electrons. The van der Waals surface area contributed by atoms with Gasteiger partial charge in [-0.1, -0.05) is 74.9 Å². The molecular formula is C32H31NO. The molecule has 0 aliphatic rings. The second-order valence-corrected chi connectivity index (χ2v) is 10.4. The maximum Gasteiger partial charge on any atom is 0.153 e. The van der Waals surface area contributed by atoms with Gasteiger partial charge in [-0.2, -0.15) is 0 Å². The average molecular weight is 446 g/mol. The summed E-state index contributed by atoms with van der Waals surface area (Å²) >= 11 is 0. The molecule has 0 fully saturated rings. The number of aryl methyl sites for hydroxylation is 3. The molecule has 0 aliphatic carbocycles. The highest BCUT2D eigenvalue weighted by atomic mass is 16.3. The van der Waals surface area contributed by atoms with Crippen molar-refractivity contribution in [2.24, 2.45) is 0 Å². The van der Waals surface area contributed by atoms with Crippen LogP contribution in [0.5, 0.6) is 0 Å². The van der Waals surface area contributed by atoms with Crippen LogP contribution < -0.4 is 0 Å². The van der Waals surface area contributed by atoms with Gasteiger partial charge in [-0.25, -0.2) is 0 Å². The van der Waals surface area contributed by atoms with Crippen molar-refractivity contribution < 1.29 is 4.42 Å². The number of hydrogen-bond donors (Lipinski definition) is 0. The lowest BCUT2D eigenvalue weighted by molar-refractivity contribution is 0.590. The van der Waals surface area contributed by atoms with Crippen LogP contribution >= 0.6 is 0 Å². The summed E-state index contributed by atoms with van der Waals surface area (Å²) in [5, 5.41) is 1.07. The zero-order chi connectivity index (χ0) is 24.0. The number of furan rings is 1. The number of fused-ring (bicyclic) bond motifs is 1. The molecule has 0 bridgehead atoms. The molecule has 0 spiro atoms. The van der Waals surface area contributed by atoms with E-state index in [4.69, 9.17) is 9.40 Å². The molecular weight excluding hydrogens is 414 g/mol. The maximum absolute atomic E-state index is 6.18. The lowest BCUT2D eigenvalue weighted by Crippen LogP contribution is -2.11. The predicted octanol–water partition coefficient (Wildman–Crippen LogP) is 9.05. The summed E-state index contributed by atoms with van der Waals surface area (Å²) in [6.07, 6.45) is 1.85.